The van der Waals surface area contributed by atoms with Crippen LogP contribution in [-0.4, -0.2) is 39.1 Å². The minimum Gasteiger partial charge on any atom is -0.495 e. The Morgan fingerprint density at radius 1 is 1.08 bits per heavy atom. The van der Waals surface area contributed by atoms with Crippen molar-refractivity contribution in [2.45, 2.75) is 18.5 Å². The number of para-hydroxylation sites is 3. The molecule has 0 aliphatic carbocycles. The first kappa shape index (κ1) is 24.5. The fraction of sp³-hybridized carbons (Fsp3) is 0.179. The standard InChI is InChI=1S/C28H26FN5O2S/c1-36-24-14-5-4-12-22(24)33-17-8-13-23(33)27-26(21-11-6-7-16-30-21)32-28(37)34(27)18-15-25(35)31-20-10-3-2-9-19(20)29/h2-14,16-17,26-27H,15,18H2,1H3,(H,31,35)(H,32,37)/t26-,27-/m1/s1. The minimum atomic E-state index is -0.475. The molecule has 188 valence electrons. The van der Waals surface area contributed by atoms with Crippen molar-refractivity contribution in [3.63, 3.8) is 0 Å². The molecule has 0 saturated carbocycles. The first-order valence-corrected chi connectivity index (χ1v) is 12.3. The number of nitrogens with one attached hydrogen (secondary N) is 2. The Morgan fingerprint density at radius 3 is 2.65 bits per heavy atom. The second-order valence-electron chi connectivity index (χ2n) is 8.57. The van der Waals surface area contributed by atoms with E-state index in [0.717, 1.165) is 22.8 Å². The number of thiocarbonyl (C=S) groups is 1. The number of amides is 1. The number of benzene rings is 2. The normalized spacial score (nSPS) is 16.9. The molecule has 9 heteroatoms. The third-order valence-corrected chi connectivity index (χ3v) is 6.71. The summed E-state index contributed by atoms with van der Waals surface area (Å²) >= 11 is 5.74. The third-order valence-electron chi connectivity index (χ3n) is 6.35. The van der Waals surface area contributed by atoms with Gasteiger partial charge in [-0.2, -0.15) is 0 Å². The number of aromatic nitrogens is 2. The molecule has 2 aromatic heterocycles. The van der Waals surface area contributed by atoms with Gasteiger partial charge in [0.2, 0.25) is 5.91 Å². The van der Waals surface area contributed by atoms with E-state index in [-0.39, 0.29) is 30.1 Å². The van der Waals surface area contributed by atoms with Gasteiger partial charge in [-0.3, -0.25) is 9.78 Å². The predicted molar refractivity (Wildman–Crippen MR) is 144 cm³/mol. The summed E-state index contributed by atoms with van der Waals surface area (Å²) in [7, 11) is 1.64. The smallest absolute Gasteiger partial charge is 0.226 e. The summed E-state index contributed by atoms with van der Waals surface area (Å²) in [5, 5.41) is 6.58. The molecular formula is C28H26FN5O2S. The van der Waals surface area contributed by atoms with Crippen LogP contribution in [0.4, 0.5) is 10.1 Å². The average molecular weight is 516 g/mol. The van der Waals surface area contributed by atoms with Gasteiger partial charge < -0.3 is 24.8 Å². The summed E-state index contributed by atoms with van der Waals surface area (Å²) in [6, 6.07) is 23.2. The van der Waals surface area contributed by atoms with Crippen LogP contribution in [0.5, 0.6) is 5.75 Å². The van der Waals surface area contributed by atoms with Gasteiger partial charge in [-0.15, -0.1) is 0 Å². The van der Waals surface area contributed by atoms with Crippen molar-refractivity contribution >= 4 is 28.9 Å². The number of nitrogens with zero attached hydrogens (tertiary/aromatic N) is 3. The van der Waals surface area contributed by atoms with E-state index >= 15 is 0 Å². The highest BCUT2D eigenvalue weighted by Gasteiger charge is 2.41. The van der Waals surface area contributed by atoms with E-state index in [1.807, 2.05) is 65.7 Å². The topological polar surface area (TPSA) is 71.4 Å². The van der Waals surface area contributed by atoms with Crippen LogP contribution in [0.3, 0.4) is 0 Å². The third kappa shape index (κ3) is 5.03. The summed E-state index contributed by atoms with van der Waals surface area (Å²) in [4.78, 5) is 19.3. The first-order valence-electron chi connectivity index (χ1n) is 11.9. The first-order chi connectivity index (χ1) is 18.1. The number of hydrogen-bond donors (Lipinski definition) is 2. The van der Waals surface area contributed by atoms with Crippen molar-refractivity contribution < 1.29 is 13.9 Å². The lowest BCUT2D eigenvalue weighted by atomic mass is 10.0. The van der Waals surface area contributed by atoms with E-state index in [1.54, 1.807) is 25.4 Å². The van der Waals surface area contributed by atoms with E-state index in [1.165, 1.54) is 12.1 Å². The molecule has 0 radical (unpaired) electrons. The number of carbonyl (C=O) groups is 1. The van der Waals surface area contributed by atoms with Gasteiger partial charge in [0, 0.05) is 31.1 Å². The fourth-order valence-electron chi connectivity index (χ4n) is 4.65. The minimum absolute atomic E-state index is 0.122. The number of methoxy groups -OCH3 is 1. The molecule has 0 spiro atoms. The Kier molecular flexibility index (Phi) is 7.14. The van der Waals surface area contributed by atoms with E-state index in [2.05, 4.69) is 20.2 Å². The molecule has 2 atom stereocenters. The van der Waals surface area contributed by atoms with Gasteiger partial charge in [-0.1, -0.05) is 30.3 Å². The van der Waals surface area contributed by atoms with Crippen molar-refractivity contribution in [3.05, 3.63) is 108 Å². The zero-order valence-corrected chi connectivity index (χ0v) is 21.0. The molecule has 3 heterocycles. The number of hydrogen-bond acceptors (Lipinski definition) is 4. The average Bonchev–Trinajstić information content (AvgIpc) is 3.53. The molecule has 0 unspecified atom stereocenters. The van der Waals surface area contributed by atoms with Crippen LogP contribution in [0.25, 0.3) is 5.69 Å². The van der Waals surface area contributed by atoms with Crippen LogP contribution in [-0.2, 0) is 4.79 Å². The molecule has 1 aliphatic heterocycles. The quantitative estimate of drug-likeness (QED) is 0.321. The van der Waals surface area contributed by atoms with Gasteiger partial charge in [0.05, 0.1) is 36.3 Å². The van der Waals surface area contributed by atoms with Crippen molar-refractivity contribution in [2.24, 2.45) is 0 Å². The Morgan fingerprint density at radius 2 is 1.86 bits per heavy atom. The molecular weight excluding hydrogens is 489 g/mol. The Balaban J connectivity index is 1.47. The second kappa shape index (κ2) is 10.8. The highest BCUT2D eigenvalue weighted by Crippen LogP contribution is 2.40. The van der Waals surface area contributed by atoms with E-state index in [4.69, 9.17) is 17.0 Å². The molecule has 1 aliphatic rings. The summed E-state index contributed by atoms with van der Waals surface area (Å²) < 4.78 is 21.7. The molecule has 7 nitrogen and oxygen atoms in total. The number of halogens is 1. The lowest BCUT2D eigenvalue weighted by Crippen LogP contribution is -2.33. The van der Waals surface area contributed by atoms with Gasteiger partial charge in [-0.05, 0) is 60.7 Å². The molecule has 1 saturated heterocycles. The van der Waals surface area contributed by atoms with Crippen LogP contribution in [0.2, 0.25) is 0 Å². The van der Waals surface area contributed by atoms with Crippen molar-refractivity contribution in [1.82, 2.24) is 19.8 Å². The molecule has 1 fully saturated rings. The summed E-state index contributed by atoms with van der Waals surface area (Å²) in [5.74, 6) is -0.0383. The summed E-state index contributed by atoms with van der Waals surface area (Å²) in [5.41, 5.74) is 2.84. The maximum absolute atomic E-state index is 14.0. The van der Waals surface area contributed by atoms with Crippen LogP contribution in [0.15, 0.2) is 91.3 Å². The van der Waals surface area contributed by atoms with Gasteiger partial charge >= 0.3 is 0 Å². The molecule has 1 amide bonds. The molecule has 4 aromatic rings. The lowest BCUT2D eigenvalue weighted by Gasteiger charge is -2.29. The van der Waals surface area contributed by atoms with E-state index < -0.39 is 5.82 Å². The number of carbonyl (C=O) groups excluding carboxylic acids is 1. The van der Waals surface area contributed by atoms with Crippen LogP contribution < -0.4 is 15.4 Å². The van der Waals surface area contributed by atoms with Crippen molar-refractivity contribution in [1.29, 1.82) is 0 Å². The van der Waals surface area contributed by atoms with Gasteiger partial charge in [-0.25, -0.2) is 4.39 Å². The molecule has 2 aromatic carbocycles. The summed E-state index contributed by atoms with van der Waals surface area (Å²) in [6.07, 6.45) is 3.85. The SMILES string of the molecule is COc1ccccc1-n1cccc1[C@@H]1[C@@H](c2ccccn2)NC(=S)N1CCC(=O)Nc1ccccc1F. The van der Waals surface area contributed by atoms with Gasteiger partial charge in [0.15, 0.2) is 5.11 Å². The number of rotatable bonds is 8. The lowest BCUT2D eigenvalue weighted by molar-refractivity contribution is -0.116. The monoisotopic (exact) mass is 515 g/mol. The van der Waals surface area contributed by atoms with Crippen LogP contribution in [0, 0.1) is 5.82 Å². The number of pyridine rings is 1. The maximum Gasteiger partial charge on any atom is 0.226 e. The zero-order chi connectivity index (χ0) is 25.8. The van der Waals surface area contributed by atoms with Crippen LogP contribution >= 0.6 is 12.2 Å². The molecule has 37 heavy (non-hydrogen) atoms. The molecule has 2 N–H and O–H groups in total. The maximum atomic E-state index is 14.0. The highest BCUT2D eigenvalue weighted by molar-refractivity contribution is 7.80. The van der Waals surface area contributed by atoms with Crippen molar-refractivity contribution in [2.75, 3.05) is 19.0 Å². The van der Waals surface area contributed by atoms with E-state index in [9.17, 15) is 9.18 Å². The highest BCUT2D eigenvalue weighted by atomic mass is 32.1. The van der Waals surface area contributed by atoms with Crippen LogP contribution in [0.1, 0.15) is 29.9 Å². The predicted octanol–water partition coefficient (Wildman–Crippen LogP) is 5.02. The Labute approximate surface area is 219 Å². The zero-order valence-electron chi connectivity index (χ0n) is 20.2. The Hall–Kier alpha value is -4.24. The fourth-order valence-corrected chi connectivity index (χ4v) is 4.98. The van der Waals surface area contributed by atoms with Crippen molar-refractivity contribution in [3.8, 4) is 11.4 Å². The summed E-state index contributed by atoms with van der Waals surface area (Å²) in [6.45, 7) is 0.331. The second-order valence-corrected chi connectivity index (χ2v) is 8.96. The number of ether oxygens (including phenoxy) is 1. The van der Waals surface area contributed by atoms with Gasteiger partial charge in [0.25, 0.3) is 0 Å². The number of anilines is 1. The largest absolute Gasteiger partial charge is 0.495 e. The van der Waals surface area contributed by atoms with Gasteiger partial charge in [0.1, 0.15) is 11.6 Å². The van der Waals surface area contributed by atoms with E-state index in [0.29, 0.717) is 11.7 Å². The Bertz CT molecular complexity index is 1410. The molecule has 0 bridgehead atoms. The molecule has 5 rings (SSSR count).